The summed E-state index contributed by atoms with van der Waals surface area (Å²) in [6.07, 6.45) is 0. The number of halogens is 3. The summed E-state index contributed by atoms with van der Waals surface area (Å²) in [5.74, 6) is 5.80. The van der Waals surface area contributed by atoms with E-state index in [1.807, 2.05) is 0 Å². The molecule has 0 N–H and O–H groups in total. The number of hydrogen-bond donors (Lipinski definition) is 0. The van der Waals surface area contributed by atoms with E-state index in [9.17, 15) is 0 Å². The van der Waals surface area contributed by atoms with Crippen LogP contribution in [0.15, 0.2) is 123 Å². The van der Waals surface area contributed by atoms with E-state index in [1.165, 1.54) is 167 Å². The van der Waals surface area contributed by atoms with E-state index < -0.39 is 0 Å². The molecule has 0 aliphatic rings. The zero-order valence-electron chi connectivity index (χ0n) is 82.8. The number of nitrogens with zero attached hydrogens (tertiary/aromatic N) is 5. The van der Waals surface area contributed by atoms with Crippen LogP contribution in [0.25, 0.3) is 82.7 Å². The van der Waals surface area contributed by atoms with Crippen LogP contribution in [0.5, 0.6) is 0 Å². The van der Waals surface area contributed by atoms with Gasteiger partial charge in [0.15, 0.2) is 0 Å². The molecule has 0 aliphatic heterocycles. The molecule has 0 aliphatic carbocycles. The van der Waals surface area contributed by atoms with Crippen molar-refractivity contribution in [2.75, 3.05) is 39.3 Å². The summed E-state index contributed by atoms with van der Waals surface area (Å²) in [4.78, 5) is 2.63. The Hall–Kier alpha value is -5.82. The van der Waals surface area contributed by atoms with Crippen LogP contribution >= 0.6 is 47.8 Å². The first kappa shape index (κ1) is 103. The first-order chi connectivity index (χ1) is 57.7. The van der Waals surface area contributed by atoms with Crippen LogP contribution < -0.4 is 0 Å². The van der Waals surface area contributed by atoms with E-state index >= 15 is 0 Å². The average molecular weight is 1930 g/mol. The maximum atomic E-state index is 7.01. The molecule has 0 fully saturated rings. The second-order valence-electron chi connectivity index (χ2n) is 41.3. The molecular formula is C114H156Br3MoN5-3. The van der Waals surface area contributed by atoms with Gasteiger partial charge in [-0.3, -0.25) is 0 Å². The van der Waals surface area contributed by atoms with Gasteiger partial charge in [-0.1, -0.05) is 358 Å². The Labute approximate surface area is 786 Å². The molecule has 0 saturated heterocycles. The molecule has 0 bridgehead atoms. The summed E-state index contributed by atoms with van der Waals surface area (Å²) >= 11 is 14.5. The second kappa shape index (κ2) is 44.5. The predicted octanol–water partition coefficient (Wildman–Crippen LogP) is 38.9. The summed E-state index contributed by atoms with van der Waals surface area (Å²) < 4.78 is 10.4. The zero-order chi connectivity index (χ0) is 91.8. The summed E-state index contributed by atoms with van der Waals surface area (Å²) in [5, 5.41) is 17.7. The molecule has 9 rings (SSSR count). The SMILES string of the molecule is CC(C)c1cc(C(C)C)c(-c2cc([N-]CCN(CC[N-]c3cc(-c4c(C(C)C)cc(C(C)C)cc4C(C)C)c(Br)c(-c4c(C(C)C)cc(C(C)C)cc4C(C)C)c3)CC[N-]c3cc(-c4c(C(C)C)cc(C(C)C)cc4C(C)C)c(Br)c(-c4c(C(C)C)cc(C(C)C)cc4C(C)C)c3)cc(-c3c(C(C)C)cc(C(C)C)cc3C(C)C)c2Br)c(C(C)C)c1.[N]#[Mo]. The van der Waals surface area contributed by atoms with Crippen LogP contribution in [0.1, 0.15) is 456 Å². The molecule has 0 aromatic heterocycles. The van der Waals surface area contributed by atoms with Crippen molar-refractivity contribution in [2.45, 2.75) is 356 Å². The molecule has 0 heterocycles. The maximum absolute atomic E-state index is 7.01. The van der Waals surface area contributed by atoms with E-state index in [4.69, 9.17) is 19.7 Å². The minimum absolute atomic E-state index is 0.288. The van der Waals surface area contributed by atoms with Gasteiger partial charge in [0, 0.05) is 13.4 Å². The van der Waals surface area contributed by atoms with Gasteiger partial charge in [-0.25, -0.2) is 0 Å². The van der Waals surface area contributed by atoms with Gasteiger partial charge in [0.05, 0.1) is 0 Å². The molecular weight excluding hydrogens is 1770 g/mol. The molecule has 0 unspecified atom stereocenters. The fourth-order valence-corrected chi connectivity index (χ4v) is 20.0. The van der Waals surface area contributed by atoms with Crippen molar-refractivity contribution in [3.05, 3.63) is 239 Å². The van der Waals surface area contributed by atoms with Crippen LogP contribution in [0, 0.1) is 3.73 Å². The van der Waals surface area contributed by atoms with Crippen molar-refractivity contribution >= 4 is 64.9 Å². The van der Waals surface area contributed by atoms with Crippen molar-refractivity contribution in [3.63, 3.8) is 0 Å². The van der Waals surface area contributed by atoms with E-state index in [1.54, 1.807) is 0 Å². The van der Waals surface area contributed by atoms with Crippen LogP contribution in [0.2, 0.25) is 0 Å². The fraction of sp³-hybridized carbons (Fsp3) is 0.526. The summed E-state index contributed by atoms with van der Waals surface area (Å²) in [5.41, 5.74) is 43.3. The fourth-order valence-electron chi connectivity index (χ4n) is 18.1. The van der Waals surface area contributed by atoms with Gasteiger partial charge in [0.25, 0.3) is 0 Å². The first-order valence-corrected chi connectivity index (χ1v) is 50.5. The van der Waals surface area contributed by atoms with Crippen molar-refractivity contribution in [1.82, 2.24) is 4.90 Å². The summed E-state index contributed by atoms with van der Waals surface area (Å²) in [6.45, 7) is 89.1. The van der Waals surface area contributed by atoms with E-state index in [0.29, 0.717) is 74.8 Å². The Morgan fingerprint density at radius 1 is 0.203 bits per heavy atom. The summed E-state index contributed by atoms with van der Waals surface area (Å²) in [7, 11) is 0. The first-order valence-electron chi connectivity index (χ1n) is 47.2. The van der Waals surface area contributed by atoms with Crippen LogP contribution in [-0.4, -0.2) is 44.2 Å². The van der Waals surface area contributed by atoms with Crippen LogP contribution in [0.3, 0.4) is 0 Å². The van der Waals surface area contributed by atoms with Crippen LogP contribution in [0.4, 0.5) is 17.1 Å². The van der Waals surface area contributed by atoms with Crippen molar-refractivity contribution in [3.8, 4) is 66.8 Å². The zero-order valence-corrected chi connectivity index (χ0v) is 89.6. The Bertz CT molecular complexity index is 4180. The number of rotatable bonds is 36. The third kappa shape index (κ3) is 23.8. The van der Waals surface area contributed by atoms with Gasteiger partial charge >= 0.3 is 23.2 Å². The topological polar surface area (TPSA) is 69.3 Å². The quantitative estimate of drug-likeness (QED) is 0.0367. The van der Waals surface area contributed by atoms with E-state index in [2.05, 4.69) is 411 Å². The third-order valence-corrected chi connectivity index (χ3v) is 28.3. The molecule has 9 aromatic rings. The van der Waals surface area contributed by atoms with Crippen molar-refractivity contribution < 1.29 is 19.4 Å². The Morgan fingerprint density at radius 3 is 0.415 bits per heavy atom. The Balaban J connectivity index is 0.00000932. The molecule has 123 heavy (non-hydrogen) atoms. The Kier molecular flexibility index (Phi) is 37.1. The van der Waals surface area contributed by atoms with Gasteiger partial charge in [-0.2, -0.15) is 0 Å². The molecule has 667 valence electrons. The standard InChI is InChI=1S/C114H156Br3N4.Mo.N/c1-61(2)79-43-88(67(13)14)106(89(44-79)68(15)16)100-55-85(56-101(112(100)115)107-90(69(17)18)45-80(62(3)4)46-91(107)70(19)20)118-37-40-121(41-38-119-86-57-102(108-92(71(21)22)47-81(63(5)6)48-93(108)72(23)24)113(116)103(58-86)109-94(73(25)26)49-82(64(7)8)50-95(109)74(27)28)42-39-120-87-59-104(110-96(75(29)30)51-83(65(9)10)52-97(110)76(31)32)114(117)105(60-87)111-98(77(33)34)53-84(66(11)12)54-99(111)78(35)36;;/h43-78H,37-42H2,1-36H3;;/q-3;;. The molecule has 9 aromatic carbocycles. The number of hydrogen-bond acceptors (Lipinski definition) is 2. The molecule has 9 heteroatoms. The van der Waals surface area contributed by atoms with E-state index in [0.717, 1.165) is 49.9 Å². The van der Waals surface area contributed by atoms with Gasteiger partial charge < -0.3 is 20.9 Å². The Morgan fingerprint density at radius 2 is 0.317 bits per heavy atom. The second-order valence-corrected chi connectivity index (χ2v) is 43.7. The van der Waals surface area contributed by atoms with Gasteiger partial charge in [-0.15, -0.1) is 36.7 Å². The molecule has 0 spiro atoms. The average Bonchev–Trinajstić information content (AvgIpc) is 0.753. The van der Waals surface area contributed by atoms with Crippen molar-refractivity contribution in [2.24, 2.45) is 0 Å². The molecule has 0 radical (unpaired) electrons. The van der Waals surface area contributed by atoms with Crippen molar-refractivity contribution in [1.29, 1.82) is 3.73 Å². The van der Waals surface area contributed by atoms with E-state index in [-0.39, 0.29) is 71.0 Å². The monoisotopic (exact) mass is 1930 g/mol. The summed E-state index contributed by atoms with van der Waals surface area (Å²) in [6, 6.07) is 44.7. The molecule has 0 amide bonds. The molecule has 0 atom stereocenters. The van der Waals surface area contributed by atoms with Gasteiger partial charge in [0.2, 0.25) is 0 Å². The third-order valence-electron chi connectivity index (χ3n) is 25.7. The number of benzene rings is 9. The molecule has 5 nitrogen and oxygen atoms in total. The molecule has 0 saturated carbocycles. The van der Waals surface area contributed by atoms with Gasteiger partial charge in [-0.05, 0) is 341 Å². The predicted molar refractivity (Wildman–Crippen MR) is 550 cm³/mol. The van der Waals surface area contributed by atoms with Crippen LogP contribution in [-0.2, 0) is 19.4 Å². The normalized spacial score (nSPS) is 12.4. The van der Waals surface area contributed by atoms with Gasteiger partial charge in [0.1, 0.15) is 0 Å². The minimum atomic E-state index is 0.288.